The van der Waals surface area contributed by atoms with Crippen LogP contribution in [0.3, 0.4) is 0 Å². The normalized spacial score (nSPS) is 11.4. The number of hydrogen-bond donors (Lipinski definition) is 0. The summed E-state index contributed by atoms with van der Waals surface area (Å²) in [6.07, 6.45) is 2.38. The highest BCUT2D eigenvalue weighted by molar-refractivity contribution is 6.65. The molecule has 0 aromatic heterocycles. The van der Waals surface area contributed by atoms with E-state index in [1.165, 1.54) is 6.26 Å². The molecule has 0 unspecified atom stereocenters. The first-order chi connectivity index (χ1) is 7.18. The molecule has 0 aliphatic carbocycles. The number of hydrogen-bond acceptors (Lipinski definition) is 4. The molecular weight excluding hydrogens is 212 g/mol. The van der Waals surface area contributed by atoms with Crippen molar-refractivity contribution >= 4 is 8.56 Å². The third-order valence-electron chi connectivity index (χ3n) is 2.25. The van der Waals surface area contributed by atoms with Gasteiger partial charge in [-0.05, 0) is 19.0 Å². The standard InChI is InChI=1S/C10H22O4Si/c1-5-13-8-9-14-7-6-10-15(4,11-2)12-3/h5H,1,6-10H2,2-4H3. The smallest absolute Gasteiger partial charge is 0.334 e. The second kappa shape index (κ2) is 8.91. The van der Waals surface area contributed by atoms with Gasteiger partial charge in [0, 0.05) is 20.8 Å². The van der Waals surface area contributed by atoms with Crippen molar-refractivity contribution in [3.8, 4) is 0 Å². The van der Waals surface area contributed by atoms with Crippen molar-refractivity contribution in [3.63, 3.8) is 0 Å². The molecule has 15 heavy (non-hydrogen) atoms. The van der Waals surface area contributed by atoms with Crippen molar-refractivity contribution in [2.45, 2.75) is 19.0 Å². The Morgan fingerprint density at radius 1 is 1.13 bits per heavy atom. The predicted octanol–water partition coefficient (Wildman–Crippen LogP) is 1.92. The van der Waals surface area contributed by atoms with Gasteiger partial charge in [0.05, 0.1) is 12.9 Å². The summed E-state index contributed by atoms with van der Waals surface area (Å²) in [6.45, 7) is 7.38. The minimum absolute atomic E-state index is 0.562. The van der Waals surface area contributed by atoms with Gasteiger partial charge < -0.3 is 18.3 Å². The van der Waals surface area contributed by atoms with E-state index in [2.05, 4.69) is 6.58 Å². The highest BCUT2D eigenvalue weighted by Gasteiger charge is 2.27. The van der Waals surface area contributed by atoms with Crippen molar-refractivity contribution < 1.29 is 18.3 Å². The molecular formula is C10H22O4Si. The summed E-state index contributed by atoms with van der Waals surface area (Å²) in [7, 11) is 1.51. The van der Waals surface area contributed by atoms with Crippen LogP contribution in [0, 0.1) is 0 Å². The molecule has 0 saturated heterocycles. The minimum Gasteiger partial charge on any atom is -0.499 e. The van der Waals surface area contributed by atoms with Crippen LogP contribution in [0.2, 0.25) is 12.6 Å². The Kier molecular flexibility index (Phi) is 8.69. The van der Waals surface area contributed by atoms with Crippen LogP contribution in [0.1, 0.15) is 6.42 Å². The van der Waals surface area contributed by atoms with Gasteiger partial charge in [0.2, 0.25) is 0 Å². The molecule has 0 heterocycles. The molecule has 0 spiro atoms. The van der Waals surface area contributed by atoms with Gasteiger partial charge in [0.1, 0.15) is 6.61 Å². The lowest BCUT2D eigenvalue weighted by Gasteiger charge is -2.22. The van der Waals surface area contributed by atoms with Gasteiger partial charge in [-0.15, -0.1) is 0 Å². The molecule has 0 aliphatic rings. The molecule has 0 fully saturated rings. The summed E-state index contributed by atoms with van der Waals surface area (Å²) in [5, 5.41) is 0. The van der Waals surface area contributed by atoms with Crippen molar-refractivity contribution in [1.29, 1.82) is 0 Å². The molecule has 90 valence electrons. The van der Waals surface area contributed by atoms with E-state index in [1.54, 1.807) is 14.2 Å². The van der Waals surface area contributed by atoms with E-state index in [1.807, 2.05) is 6.55 Å². The van der Waals surface area contributed by atoms with Crippen LogP contribution in [0.4, 0.5) is 0 Å². The molecule has 0 aliphatic heterocycles. The molecule has 0 bridgehead atoms. The number of ether oxygens (including phenoxy) is 2. The van der Waals surface area contributed by atoms with E-state index in [0.717, 1.165) is 19.1 Å². The highest BCUT2D eigenvalue weighted by atomic mass is 28.4. The molecule has 0 rings (SSSR count). The summed E-state index contributed by atoms with van der Waals surface area (Å²) >= 11 is 0. The summed E-state index contributed by atoms with van der Waals surface area (Å²) < 4.78 is 21.0. The zero-order valence-electron chi connectivity index (χ0n) is 9.95. The Bertz CT molecular complexity index is 160. The Morgan fingerprint density at radius 3 is 2.33 bits per heavy atom. The summed E-state index contributed by atoms with van der Waals surface area (Å²) in [6, 6.07) is 0.947. The molecule has 4 nitrogen and oxygen atoms in total. The minimum atomic E-state index is -1.90. The van der Waals surface area contributed by atoms with Gasteiger partial charge in [0.15, 0.2) is 0 Å². The summed E-state index contributed by atoms with van der Waals surface area (Å²) in [5.41, 5.74) is 0. The van der Waals surface area contributed by atoms with Crippen LogP contribution in [-0.4, -0.2) is 42.6 Å². The third-order valence-corrected chi connectivity index (χ3v) is 5.24. The second-order valence-electron chi connectivity index (χ2n) is 3.30. The maximum Gasteiger partial charge on any atom is 0.334 e. The van der Waals surface area contributed by atoms with Crippen LogP contribution >= 0.6 is 0 Å². The fourth-order valence-corrected chi connectivity index (χ4v) is 2.44. The highest BCUT2D eigenvalue weighted by Crippen LogP contribution is 2.13. The van der Waals surface area contributed by atoms with E-state index in [4.69, 9.17) is 18.3 Å². The fraction of sp³-hybridized carbons (Fsp3) is 0.800. The summed E-state index contributed by atoms with van der Waals surface area (Å²) in [4.78, 5) is 0. The van der Waals surface area contributed by atoms with Gasteiger partial charge in [-0.25, -0.2) is 0 Å². The molecule has 0 aromatic carbocycles. The number of rotatable bonds is 10. The molecule has 0 saturated carbocycles. The Labute approximate surface area is 93.4 Å². The third kappa shape index (κ3) is 7.55. The first kappa shape index (κ1) is 14.6. The Hall–Kier alpha value is -0.363. The maximum atomic E-state index is 5.36. The van der Waals surface area contributed by atoms with E-state index in [-0.39, 0.29) is 0 Å². The fourth-order valence-electron chi connectivity index (χ4n) is 1.08. The largest absolute Gasteiger partial charge is 0.499 e. The van der Waals surface area contributed by atoms with E-state index in [0.29, 0.717) is 13.2 Å². The molecule has 5 heteroatoms. The van der Waals surface area contributed by atoms with Crippen LogP contribution in [0.15, 0.2) is 12.8 Å². The van der Waals surface area contributed by atoms with E-state index in [9.17, 15) is 0 Å². The molecule has 0 amide bonds. The van der Waals surface area contributed by atoms with Crippen LogP contribution < -0.4 is 0 Å². The van der Waals surface area contributed by atoms with Gasteiger partial charge in [-0.3, -0.25) is 0 Å². The summed E-state index contributed by atoms with van der Waals surface area (Å²) in [5.74, 6) is 0. The van der Waals surface area contributed by atoms with Gasteiger partial charge >= 0.3 is 8.56 Å². The van der Waals surface area contributed by atoms with Crippen molar-refractivity contribution in [2.75, 3.05) is 34.0 Å². The maximum absolute atomic E-state index is 5.36. The predicted molar refractivity (Wildman–Crippen MR) is 62.0 cm³/mol. The van der Waals surface area contributed by atoms with Crippen molar-refractivity contribution in [3.05, 3.63) is 12.8 Å². The zero-order chi connectivity index (χ0) is 11.6. The lowest BCUT2D eigenvalue weighted by molar-refractivity contribution is 0.0842. The van der Waals surface area contributed by atoms with Crippen molar-refractivity contribution in [2.24, 2.45) is 0 Å². The first-order valence-electron chi connectivity index (χ1n) is 5.09. The quantitative estimate of drug-likeness (QED) is 0.329. The first-order valence-corrected chi connectivity index (χ1v) is 7.61. The molecule has 0 atom stereocenters. The topological polar surface area (TPSA) is 36.9 Å². The zero-order valence-corrected chi connectivity index (χ0v) is 11.0. The van der Waals surface area contributed by atoms with Gasteiger partial charge in [0.25, 0.3) is 0 Å². The SMILES string of the molecule is C=COCCOCCC[Si](C)(OC)OC. The average molecular weight is 234 g/mol. The van der Waals surface area contributed by atoms with Crippen LogP contribution in [-0.2, 0) is 18.3 Å². The van der Waals surface area contributed by atoms with Crippen molar-refractivity contribution in [1.82, 2.24) is 0 Å². The Morgan fingerprint density at radius 2 is 1.80 bits per heavy atom. The van der Waals surface area contributed by atoms with Gasteiger partial charge in [-0.2, -0.15) is 0 Å². The van der Waals surface area contributed by atoms with Crippen LogP contribution in [0.25, 0.3) is 0 Å². The lowest BCUT2D eigenvalue weighted by atomic mass is 10.5. The molecule has 0 radical (unpaired) electrons. The van der Waals surface area contributed by atoms with Gasteiger partial charge in [-0.1, -0.05) is 6.58 Å². The van der Waals surface area contributed by atoms with Crippen LogP contribution in [0.5, 0.6) is 0 Å². The molecule has 0 N–H and O–H groups in total. The van der Waals surface area contributed by atoms with E-state index >= 15 is 0 Å². The van der Waals surface area contributed by atoms with E-state index < -0.39 is 8.56 Å². The molecule has 0 aromatic rings. The monoisotopic (exact) mass is 234 g/mol. The lowest BCUT2D eigenvalue weighted by Crippen LogP contribution is -2.36. The second-order valence-corrected chi connectivity index (χ2v) is 6.88. The average Bonchev–Trinajstić information content (AvgIpc) is 2.27. The Balaban J connectivity index is 3.33.